The molecule has 1 aromatic rings. The molecule has 2 heteroatoms. The summed E-state index contributed by atoms with van der Waals surface area (Å²) >= 11 is 6.07. The second kappa shape index (κ2) is 5.93. The Balaban J connectivity index is 2.22. The monoisotopic (exact) mass is 307 g/mol. The van der Waals surface area contributed by atoms with E-state index in [1.807, 2.05) is 12.1 Å². The average Bonchev–Trinajstić information content (AvgIpc) is 2.39. The molecule has 21 heavy (non-hydrogen) atoms. The van der Waals surface area contributed by atoms with Crippen molar-refractivity contribution in [2.45, 2.75) is 71.3 Å². The summed E-state index contributed by atoms with van der Waals surface area (Å²) in [6.45, 7) is 12.5. The van der Waals surface area contributed by atoms with Crippen molar-refractivity contribution in [3.63, 3.8) is 0 Å². The van der Waals surface area contributed by atoms with Crippen LogP contribution in [0.4, 0.5) is 0 Å². The predicted molar refractivity (Wildman–Crippen MR) is 93.1 cm³/mol. The number of hydrogen-bond donors (Lipinski definition) is 1. The molecule has 1 aliphatic carbocycles. The number of nitrogens with one attached hydrogen (secondary N) is 1. The fourth-order valence-electron chi connectivity index (χ4n) is 3.80. The van der Waals surface area contributed by atoms with E-state index in [1.54, 1.807) is 0 Å². The minimum atomic E-state index is 0.163. The molecule has 0 bridgehead atoms. The van der Waals surface area contributed by atoms with Crippen molar-refractivity contribution in [3.8, 4) is 0 Å². The van der Waals surface area contributed by atoms with E-state index in [-0.39, 0.29) is 11.0 Å². The molecule has 0 amide bonds. The fourth-order valence-corrected chi connectivity index (χ4v) is 3.93. The molecule has 0 atom stereocenters. The zero-order chi connectivity index (χ0) is 15.7. The third-order valence-corrected chi connectivity index (χ3v) is 5.59. The molecule has 1 N–H and O–H groups in total. The van der Waals surface area contributed by atoms with Gasteiger partial charge >= 0.3 is 0 Å². The highest BCUT2D eigenvalue weighted by Gasteiger charge is 2.53. The maximum absolute atomic E-state index is 6.07. The highest BCUT2D eigenvalue weighted by molar-refractivity contribution is 6.30. The standard InChI is InChI=1S/C19H30ClN/c1-6-18(7-2)12-19(13-18,14-21-17(3,4)5)15-8-10-16(20)11-9-15/h8-11,21H,6-7,12-14H2,1-5H3. The average molecular weight is 308 g/mol. The van der Waals surface area contributed by atoms with Gasteiger partial charge in [0.15, 0.2) is 0 Å². The van der Waals surface area contributed by atoms with Crippen molar-refractivity contribution in [2.75, 3.05) is 6.54 Å². The van der Waals surface area contributed by atoms with E-state index >= 15 is 0 Å². The molecule has 0 heterocycles. The Morgan fingerprint density at radius 2 is 1.57 bits per heavy atom. The van der Waals surface area contributed by atoms with Gasteiger partial charge in [-0.3, -0.25) is 0 Å². The number of hydrogen-bond acceptors (Lipinski definition) is 1. The summed E-state index contributed by atoms with van der Waals surface area (Å²) in [4.78, 5) is 0. The molecule has 1 nitrogen and oxygen atoms in total. The second-order valence-electron chi connectivity index (χ2n) is 7.95. The Kier molecular flexibility index (Phi) is 4.75. The molecule has 1 aliphatic rings. The van der Waals surface area contributed by atoms with Crippen LogP contribution in [0.25, 0.3) is 0 Å². The molecule has 0 aromatic heterocycles. The molecule has 118 valence electrons. The lowest BCUT2D eigenvalue weighted by atomic mass is 9.48. The molecule has 1 fully saturated rings. The Morgan fingerprint density at radius 1 is 1.05 bits per heavy atom. The van der Waals surface area contributed by atoms with Crippen molar-refractivity contribution in [3.05, 3.63) is 34.9 Å². The van der Waals surface area contributed by atoms with Crippen molar-refractivity contribution in [2.24, 2.45) is 5.41 Å². The summed E-state index contributed by atoms with van der Waals surface area (Å²) in [6, 6.07) is 8.52. The zero-order valence-electron chi connectivity index (χ0n) is 14.2. The van der Waals surface area contributed by atoms with Crippen molar-refractivity contribution in [1.82, 2.24) is 5.32 Å². The third-order valence-electron chi connectivity index (χ3n) is 5.34. The zero-order valence-corrected chi connectivity index (χ0v) is 15.0. The van der Waals surface area contributed by atoms with E-state index in [9.17, 15) is 0 Å². The Labute approximate surface area is 135 Å². The lowest BCUT2D eigenvalue weighted by Crippen LogP contribution is -2.56. The van der Waals surface area contributed by atoms with Crippen LogP contribution in [-0.4, -0.2) is 12.1 Å². The molecule has 0 spiro atoms. The molecule has 1 saturated carbocycles. The third kappa shape index (κ3) is 3.63. The normalized spacial score (nSPS) is 20.1. The summed E-state index contributed by atoms with van der Waals surface area (Å²) < 4.78 is 0. The fraction of sp³-hybridized carbons (Fsp3) is 0.684. The predicted octanol–water partition coefficient (Wildman–Crippen LogP) is 5.57. The van der Waals surface area contributed by atoms with E-state index in [0.29, 0.717) is 5.41 Å². The highest BCUT2D eigenvalue weighted by atomic mass is 35.5. The molecule has 2 rings (SSSR count). The number of halogens is 1. The Morgan fingerprint density at radius 3 is 2.00 bits per heavy atom. The first-order valence-corrected chi connectivity index (χ1v) is 8.63. The minimum Gasteiger partial charge on any atom is -0.311 e. The van der Waals surface area contributed by atoms with Gasteiger partial charge < -0.3 is 5.32 Å². The van der Waals surface area contributed by atoms with Gasteiger partial charge in [-0.25, -0.2) is 0 Å². The quantitative estimate of drug-likeness (QED) is 0.750. The number of benzene rings is 1. The maximum atomic E-state index is 6.07. The largest absolute Gasteiger partial charge is 0.311 e. The molecule has 0 unspecified atom stereocenters. The smallest absolute Gasteiger partial charge is 0.0406 e. The highest BCUT2D eigenvalue weighted by Crippen LogP contribution is 2.59. The first-order valence-electron chi connectivity index (χ1n) is 8.25. The van der Waals surface area contributed by atoms with Crippen molar-refractivity contribution in [1.29, 1.82) is 0 Å². The van der Waals surface area contributed by atoms with Crippen LogP contribution in [0.15, 0.2) is 24.3 Å². The van der Waals surface area contributed by atoms with Crippen LogP contribution in [-0.2, 0) is 5.41 Å². The van der Waals surface area contributed by atoms with E-state index in [0.717, 1.165) is 11.6 Å². The van der Waals surface area contributed by atoms with Gasteiger partial charge in [0.05, 0.1) is 0 Å². The van der Waals surface area contributed by atoms with Crippen LogP contribution in [0.1, 0.15) is 65.9 Å². The van der Waals surface area contributed by atoms with Crippen LogP contribution in [0.3, 0.4) is 0 Å². The van der Waals surface area contributed by atoms with Gasteiger partial charge in [0.2, 0.25) is 0 Å². The van der Waals surface area contributed by atoms with E-state index in [4.69, 9.17) is 11.6 Å². The summed E-state index contributed by atoms with van der Waals surface area (Å²) in [6.07, 6.45) is 5.15. The van der Waals surface area contributed by atoms with Crippen LogP contribution in [0.5, 0.6) is 0 Å². The van der Waals surface area contributed by atoms with Gasteiger partial charge in [-0.05, 0) is 56.7 Å². The van der Waals surface area contributed by atoms with E-state index in [2.05, 4.69) is 52.1 Å². The Bertz CT molecular complexity index is 457. The van der Waals surface area contributed by atoms with Crippen LogP contribution < -0.4 is 5.32 Å². The molecule has 0 radical (unpaired) electrons. The van der Waals surface area contributed by atoms with E-state index in [1.165, 1.54) is 31.2 Å². The lowest BCUT2D eigenvalue weighted by Gasteiger charge is -2.57. The molecule has 0 saturated heterocycles. The van der Waals surface area contributed by atoms with Gasteiger partial charge in [0.1, 0.15) is 0 Å². The molecular formula is C19H30ClN. The second-order valence-corrected chi connectivity index (χ2v) is 8.39. The van der Waals surface area contributed by atoms with Crippen LogP contribution in [0, 0.1) is 5.41 Å². The summed E-state index contributed by atoms with van der Waals surface area (Å²) in [5, 5.41) is 4.56. The Hall–Kier alpha value is -0.530. The molecular weight excluding hydrogens is 278 g/mol. The van der Waals surface area contributed by atoms with Crippen molar-refractivity contribution < 1.29 is 0 Å². The van der Waals surface area contributed by atoms with Gasteiger partial charge in [0.25, 0.3) is 0 Å². The molecule has 0 aliphatic heterocycles. The number of rotatable bonds is 5. The van der Waals surface area contributed by atoms with Gasteiger partial charge in [0, 0.05) is 22.5 Å². The van der Waals surface area contributed by atoms with Gasteiger partial charge in [-0.1, -0.05) is 50.4 Å². The van der Waals surface area contributed by atoms with Crippen molar-refractivity contribution >= 4 is 11.6 Å². The molecule has 1 aromatic carbocycles. The summed E-state index contributed by atoms with van der Waals surface area (Å²) in [7, 11) is 0. The SMILES string of the molecule is CCC1(CC)CC(CNC(C)(C)C)(c2ccc(Cl)cc2)C1. The van der Waals surface area contributed by atoms with Crippen LogP contribution in [0.2, 0.25) is 5.02 Å². The summed E-state index contributed by atoms with van der Waals surface area (Å²) in [5.74, 6) is 0. The minimum absolute atomic E-state index is 0.163. The van der Waals surface area contributed by atoms with Gasteiger partial charge in [-0.2, -0.15) is 0 Å². The first kappa shape index (κ1) is 16.8. The van der Waals surface area contributed by atoms with E-state index < -0.39 is 0 Å². The topological polar surface area (TPSA) is 12.0 Å². The van der Waals surface area contributed by atoms with Gasteiger partial charge in [-0.15, -0.1) is 0 Å². The lowest BCUT2D eigenvalue weighted by molar-refractivity contribution is 0.00943. The first-order chi connectivity index (χ1) is 9.74. The van der Waals surface area contributed by atoms with Crippen LogP contribution >= 0.6 is 11.6 Å². The summed E-state index contributed by atoms with van der Waals surface area (Å²) in [5.41, 5.74) is 2.43. The maximum Gasteiger partial charge on any atom is 0.0406 e.